The molecular formula is C33H48AsN7O16S. The number of hydrogen-bond acceptors (Lipinski definition) is 15. The molecule has 0 saturated carbocycles. The number of carbonyl (C=O) groups is 9. The number of benzene rings is 1. The number of rotatable bonds is 24. The van der Waals surface area contributed by atoms with Crippen molar-refractivity contribution in [3.05, 3.63) is 24.3 Å². The van der Waals surface area contributed by atoms with Crippen LogP contribution >= 0.6 is 11.8 Å². The number of aliphatic carboxylic acids is 5. The number of thioether (sulfide) groups is 1. The van der Waals surface area contributed by atoms with E-state index in [-0.39, 0.29) is 70.3 Å². The summed E-state index contributed by atoms with van der Waals surface area (Å²) in [7, 11) is 0. The van der Waals surface area contributed by atoms with E-state index < -0.39 is 113 Å². The summed E-state index contributed by atoms with van der Waals surface area (Å²) in [5.41, 5.74) is 0.358. The van der Waals surface area contributed by atoms with Crippen molar-refractivity contribution in [2.45, 2.75) is 43.8 Å². The molecule has 3 atom stereocenters. The van der Waals surface area contributed by atoms with Crippen molar-refractivity contribution >= 4 is 90.6 Å². The van der Waals surface area contributed by atoms with Crippen LogP contribution in [-0.4, -0.2) is 206 Å². The quantitative estimate of drug-likeness (QED) is 0.0435. The van der Waals surface area contributed by atoms with E-state index in [0.717, 1.165) is 11.8 Å². The summed E-state index contributed by atoms with van der Waals surface area (Å²) in [5.74, 6) is -9.98. The number of nitrogens with zero attached hydrogens (tertiary/aromatic N) is 3. The number of hydrogen-bond donors (Lipinski definition) is 11. The van der Waals surface area contributed by atoms with Gasteiger partial charge < -0.3 is 30.8 Å². The van der Waals surface area contributed by atoms with Crippen molar-refractivity contribution in [3.63, 3.8) is 0 Å². The maximum absolute atomic E-state index is 12.9. The van der Waals surface area contributed by atoms with E-state index in [0.29, 0.717) is 10.0 Å². The Kier molecular flexibility index (Phi) is 21.7. The first kappa shape index (κ1) is 49.3. The summed E-state index contributed by atoms with van der Waals surface area (Å²) >= 11 is -2.17. The summed E-state index contributed by atoms with van der Waals surface area (Å²) in [4.78, 5) is 113. The van der Waals surface area contributed by atoms with Gasteiger partial charge in [0.15, 0.2) is 0 Å². The molecule has 4 amide bonds. The van der Waals surface area contributed by atoms with Gasteiger partial charge in [0.25, 0.3) is 0 Å². The SMILES string of the molecule is O=C(O)CNC(=O)[C@H](CSCC(=O)Nc1ccc([As](O)O)cc1)NC(=O)CC[C@H](NC(=O)CCC(C(=O)O)N1CCN(CC(=O)O)CCN(CC(=O)O)CC1)C(=O)O. The van der Waals surface area contributed by atoms with Gasteiger partial charge in [0.1, 0.15) is 18.6 Å². The van der Waals surface area contributed by atoms with Crippen LogP contribution in [0, 0.1) is 0 Å². The first-order valence-electron chi connectivity index (χ1n) is 17.7. The molecule has 1 heterocycles. The normalized spacial score (nSPS) is 15.7. The van der Waals surface area contributed by atoms with Gasteiger partial charge in [-0.3, -0.25) is 43.5 Å². The van der Waals surface area contributed by atoms with Crippen LogP contribution < -0.4 is 25.6 Å². The van der Waals surface area contributed by atoms with Crippen molar-refractivity contribution in [2.75, 3.05) is 75.7 Å². The third-order valence-electron chi connectivity index (χ3n) is 8.49. The van der Waals surface area contributed by atoms with Gasteiger partial charge in [-0.25, -0.2) is 4.79 Å². The third-order valence-corrected chi connectivity index (χ3v) is 11.1. The van der Waals surface area contributed by atoms with Gasteiger partial charge in [0, 0.05) is 52.1 Å². The number of carbonyl (C=O) groups excluding carboxylic acids is 4. The number of carboxylic acid groups (broad SMARTS) is 5. The van der Waals surface area contributed by atoms with Crippen LogP contribution in [0.1, 0.15) is 25.7 Å². The molecule has 0 bridgehead atoms. The van der Waals surface area contributed by atoms with Crippen molar-refractivity contribution in [1.29, 1.82) is 0 Å². The van der Waals surface area contributed by atoms with Gasteiger partial charge in [0.05, 0.1) is 13.1 Å². The minimum absolute atomic E-state index is 0.0781. The molecule has 1 fully saturated rings. The third kappa shape index (κ3) is 19.5. The number of nitrogens with one attached hydrogen (secondary N) is 4. The summed E-state index contributed by atoms with van der Waals surface area (Å²) in [6, 6.07) is 1.56. The van der Waals surface area contributed by atoms with Crippen molar-refractivity contribution < 1.29 is 76.9 Å². The predicted molar refractivity (Wildman–Crippen MR) is 204 cm³/mol. The minimum Gasteiger partial charge on any atom is -0.480 e. The number of amides is 4. The molecule has 1 aromatic carbocycles. The van der Waals surface area contributed by atoms with E-state index >= 15 is 0 Å². The van der Waals surface area contributed by atoms with Crippen molar-refractivity contribution in [1.82, 2.24) is 30.7 Å². The first-order valence-corrected chi connectivity index (χ1v) is 21.4. The molecular weight excluding hydrogens is 857 g/mol. The smallest absolute Gasteiger partial charge is 0.480 e. The molecule has 0 aromatic heterocycles. The molecule has 0 aliphatic carbocycles. The van der Waals surface area contributed by atoms with Crippen LogP contribution in [-0.2, 0) is 43.2 Å². The zero-order valence-electron chi connectivity index (χ0n) is 31.1. The molecule has 1 aromatic rings. The molecule has 0 spiro atoms. The van der Waals surface area contributed by atoms with Crippen molar-refractivity contribution in [3.8, 4) is 0 Å². The summed E-state index contributed by atoms with van der Waals surface area (Å²) in [6.45, 7) is -0.637. The monoisotopic (exact) mass is 905 g/mol. The Hall–Kier alpha value is -4.84. The Morgan fingerprint density at radius 3 is 1.66 bits per heavy atom. The van der Waals surface area contributed by atoms with Crippen LogP contribution in [0.4, 0.5) is 5.69 Å². The van der Waals surface area contributed by atoms with Crippen LogP contribution in [0.2, 0.25) is 0 Å². The molecule has 25 heteroatoms. The molecule has 1 unspecified atom stereocenters. The Morgan fingerprint density at radius 2 is 1.17 bits per heavy atom. The van der Waals surface area contributed by atoms with Gasteiger partial charge in [-0.05, 0) is 12.8 Å². The second-order valence-corrected chi connectivity index (χ2v) is 16.2. The van der Waals surface area contributed by atoms with E-state index in [9.17, 15) is 71.8 Å². The fourth-order valence-corrected chi connectivity index (χ4v) is 7.30. The van der Waals surface area contributed by atoms with Gasteiger partial charge in [-0.15, -0.1) is 0 Å². The zero-order chi connectivity index (χ0) is 43.4. The summed E-state index contributed by atoms with van der Waals surface area (Å²) < 4.78 is 19.0. The fourth-order valence-electron chi connectivity index (χ4n) is 5.58. The Morgan fingerprint density at radius 1 is 0.655 bits per heavy atom. The molecule has 11 N–H and O–H groups in total. The van der Waals surface area contributed by atoms with Crippen LogP contribution in [0.25, 0.3) is 0 Å². The minimum atomic E-state index is -3.08. The molecule has 1 aliphatic rings. The second-order valence-electron chi connectivity index (χ2n) is 12.9. The first-order chi connectivity index (χ1) is 27.3. The van der Waals surface area contributed by atoms with E-state index in [2.05, 4.69) is 21.3 Å². The molecule has 58 heavy (non-hydrogen) atoms. The van der Waals surface area contributed by atoms with Gasteiger partial charge in [0.2, 0.25) is 5.91 Å². The fraction of sp³-hybridized carbons (Fsp3) is 0.545. The van der Waals surface area contributed by atoms with E-state index in [4.69, 9.17) is 5.11 Å². The zero-order valence-corrected chi connectivity index (χ0v) is 33.8. The Labute approximate surface area is 341 Å². The average molecular weight is 906 g/mol. The molecule has 23 nitrogen and oxygen atoms in total. The molecule has 322 valence electrons. The van der Waals surface area contributed by atoms with Gasteiger partial charge in [-0.1, -0.05) is 0 Å². The standard InChI is InChI=1S/C33H48AsN7O16S/c42-25(38-23(31(51)35-15-28(45)46)18-58-19-27(44)36-21-3-1-20(2-4-21)34(56)57)7-5-22(32(52)53)37-26(43)8-6-24(33(54)55)41-13-11-39(16-29(47)48)9-10-40(12-14-41)17-30(49)50/h1-4,22-24,56-57H,5-19H2,(H,35,51)(H,36,44)(H,37,43)(H,38,42)(H,45,46)(H,47,48)(H,49,50)(H,52,53)(H,54,55)/t22-,23-,24?/m0/s1. The summed E-state index contributed by atoms with van der Waals surface area (Å²) in [6.07, 6.45) is -1.75. The predicted octanol–water partition coefficient (Wildman–Crippen LogP) is -4.60. The molecule has 0 radical (unpaired) electrons. The van der Waals surface area contributed by atoms with Crippen LogP contribution in [0.3, 0.4) is 0 Å². The number of anilines is 1. The second kappa shape index (κ2) is 25.5. The van der Waals surface area contributed by atoms with Gasteiger partial charge >= 0.3 is 160 Å². The van der Waals surface area contributed by atoms with Crippen molar-refractivity contribution in [2.24, 2.45) is 0 Å². The van der Waals surface area contributed by atoms with Gasteiger partial charge in [-0.2, -0.15) is 0 Å². The van der Waals surface area contributed by atoms with E-state index in [1.165, 1.54) is 39.0 Å². The van der Waals surface area contributed by atoms with Crippen LogP contribution in [0.5, 0.6) is 0 Å². The van der Waals surface area contributed by atoms with Crippen LogP contribution in [0.15, 0.2) is 24.3 Å². The Balaban J connectivity index is 1.99. The average Bonchev–Trinajstić information content (AvgIpc) is 3.22. The maximum atomic E-state index is 12.9. The topological polar surface area (TPSA) is 353 Å². The molecule has 1 saturated heterocycles. The van der Waals surface area contributed by atoms with E-state index in [1.807, 2.05) is 0 Å². The molecule has 2 rings (SSSR count). The van der Waals surface area contributed by atoms with E-state index in [1.54, 1.807) is 0 Å². The Bertz CT molecular complexity index is 1590. The summed E-state index contributed by atoms with van der Waals surface area (Å²) in [5, 5.41) is 56.6. The molecule has 1 aliphatic heterocycles. The number of carboxylic acids is 5.